The Hall–Kier alpha value is -2.73. The number of rotatable bonds is 7. The average Bonchev–Trinajstić information content (AvgIpc) is 3.14. The van der Waals surface area contributed by atoms with Gasteiger partial charge in [0.15, 0.2) is 0 Å². The van der Waals surface area contributed by atoms with E-state index in [-0.39, 0.29) is 18.3 Å². The maximum Gasteiger partial charge on any atom is 0.340 e. The number of hydrogen-bond acceptors (Lipinski definition) is 4. The molecule has 1 aliphatic heterocycles. The van der Waals surface area contributed by atoms with E-state index in [2.05, 4.69) is 11.0 Å². The zero-order valence-electron chi connectivity index (χ0n) is 18.4. The summed E-state index contributed by atoms with van der Waals surface area (Å²) in [5.41, 5.74) is 3.32. The number of allylic oxidation sites excluding steroid dienone is 1. The van der Waals surface area contributed by atoms with Gasteiger partial charge in [0.2, 0.25) is 0 Å². The van der Waals surface area contributed by atoms with Gasteiger partial charge in [-0.1, -0.05) is 24.3 Å². The molecule has 1 aliphatic carbocycles. The number of carbonyl (C=O) groups is 1. The molecular weight excluding hydrogens is 412 g/mol. The van der Waals surface area contributed by atoms with Crippen molar-refractivity contribution in [3.8, 4) is 5.75 Å². The Labute approximate surface area is 187 Å². The van der Waals surface area contributed by atoms with Crippen LogP contribution in [0.5, 0.6) is 5.75 Å². The minimum absolute atomic E-state index is 0.0200. The van der Waals surface area contributed by atoms with E-state index in [1.807, 2.05) is 30.3 Å². The fourth-order valence-corrected chi connectivity index (χ4v) is 4.58. The molecule has 2 aromatic rings. The van der Waals surface area contributed by atoms with Gasteiger partial charge >= 0.3 is 5.97 Å². The van der Waals surface area contributed by atoms with Crippen LogP contribution in [0.1, 0.15) is 52.7 Å². The summed E-state index contributed by atoms with van der Waals surface area (Å²) in [5, 5.41) is 0. The maximum atomic E-state index is 15.1. The molecule has 0 bridgehead atoms. The Balaban J connectivity index is 1.51. The van der Waals surface area contributed by atoms with Crippen LogP contribution < -0.4 is 4.74 Å². The number of alkyl halides is 1. The molecule has 1 fully saturated rings. The fraction of sp³-hybridized carbons (Fsp3) is 0.423. The number of esters is 1. The highest BCUT2D eigenvalue weighted by Crippen LogP contribution is 2.34. The second-order valence-corrected chi connectivity index (χ2v) is 8.35. The molecule has 0 radical (unpaired) electrons. The number of halogens is 2. The molecule has 170 valence electrons. The van der Waals surface area contributed by atoms with Gasteiger partial charge in [0, 0.05) is 19.6 Å². The van der Waals surface area contributed by atoms with E-state index < -0.39 is 11.8 Å². The zero-order valence-corrected chi connectivity index (χ0v) is 18.4. The number of ether oxygens (including phenoxy) is 2. The number of benzene rings is 2. The highest BCUT2D eigenvalue weighted by atomic mass is 19.1. The van der Waals surface area contributed by atoms with Gasteiger partial charge < -0.3 is 9.47 Å². The van der Waals surface area contributed by atoms with E-state index in [0.29, 0.717) is 18.4 Å². The number of fused-ring (bicyclic) bond motifs is 1. The molecule has 0 amide bonds. The average molecular weight is 442 g/mol. The normalized spacial score (nSPS) is 18.6. The topological polar surface area (TPSA) is 38.8 Å². The molecular formula is C26H29F2NO3. The molecule has 2 aliphatic rings. The second-order valence-electron chi connectivity index (χ2n) is 8.35. The third kappa shape index (κ3) is 4.85. The smallest absolute Gasteiger partial charge is 0.340 e. The van der Waals surface area contributed by atoms with E-state index in [0.717, 1.165) is 61.3 Å². The van der Waals surface area contributed by atoms with Crippen LogP contribution >= 0.6 is 0 Å². The predicted octanol–water partition coefficient (Wildman–Crippen LogP) is 5.19. The van der Waals surface area contributed by atoms with Crippen LogP contribution in [0.2, 0.25) is 0 Å². The standard InChI is InChI=1S/C26H29F2NO3/c1-31-26(30)24-12-11-22-21(5-2-3-6-23(22)25(24)28)18-7-9-19(10-8-18)32-20-13-16-29(17-20)15-4-14-27/h5,7-12,20H,2-4,6,13-17H2,1H3. The zero-order chi connectivity index (χ0) is 22.5. The lowest BCUT2D eigenvalue weighted by Gasteiger charge is -2.17. The molecule has 0 N–H and O–H groups in total. The summed E-state index contributed by atoms with van der Waals surface area (Å²) in [5.74, 6) is -0.342. The highest BCUT2D eigenvalue weighted by Gasteiger charge is 2.24. The van der Waals surface area contributed by atoms with E-state index in [1.54, 1.807) is 0 Å². The van der Waals surface area contributed by atoms with Crippen molar-refractivity contribution in [2.45, 2.75) is 38.2 Å². The molecule has 0 saturated carbocycles. The van der Waals surface area contributed by atoms with Crippen molar-refractivity contribution in [3.05, 3.63) is 70.5 Å². The maximum absolute atomic E-state index is 15.1. The lowest BCUT2D eigenvalue weighted by molar-refractivity contribution is 0.0595. The number of carbonyl (C=O) groups excluding carboxylic acids is 1. The molecule has 1 heterocycles. The van der Waals surface area contributed by atoms with Gasteiger partial charge in [-0.25, -0.2) is 9.18 Å². The Morgan fingerprint density at radius 2 is 2.00 bits per heavy atom. The summed E-state index contributed by atoms with van der Waals surface area (Å²) in [6.45, 7) is 2.25. The van der Waals surface area contributed by atoms with Crippen LogP contribution in [0.25, 0.3) is 5.57 Å². The van der Waals surface area contributed by atoms with Crippen LogP contribution in [0, 0.1) is 5.82 Å². The van der Waals surface area contributed by atoms with Crippen molar-refractivity contribution in [1.29, 1.82) is 0 Å². The Morgan fingerprint density at radius 3 is 2.75 bits per heavy atom. The Bertz CT molecular complexity index is 987. The summed E-state index contributed by atoms with van der Waals surface area (Å²) in [6, 6.07) is 11.2. The molecule has 2 aromatic carbocycles. The first-order valence-electron chi connectivity index (χ1n) is 11.3. The monoisotopic (exact) mass is 441 g/mol. The molecule has 0 spiro atoms. The largest absolute Gasteiger partial charge is 0.489 e. The SMILES string of the molecule is COC(=O)c1ccc2c(c1F)CCCC=C2c1ccc(OC2CCN(CCCF)C2)cc1. The van der Waals surface area contributed by atoms with Crippen molar-refractivity contribution in [1.82, 2.24) is 4.90 Å². The predicted molar refractivity (Wildman–Crippen MR) is 120 cm³/mol. The lowest BCUT2D eigenvalue weighted by Crippen LogP contribution is -2.26. The van der Waals surface area contributed by atoms with Gasteiger partial charge in [-0.2, -0.15) is 0 Å². The van der Waals surface area contributed by atoms with Crippen LogP contribution in [0.15, 0.2) is 42.5 Å². The van der Waals surface area contributed by atoms with Crippen LogP contribution in [-0.2, 0) is 11.2 Å². The summed E-state index contributed by atoms with van der Waals surface area (Å²) in [4.78, 5) is 14.1. The van der Waals surface area contributed by atoms with Gasteiger partial charge in [-0.05, 0) is 72.6 Å². The second kappa shape index (κ2) is 10.3. The molecule has 0 aromatic heterocycles. The van der Waals surface area contributed by atoms with Crippen molar-refractivity contribution in [2.24, 2.45) is 0 Å². The molecule has 1 unspecified atom stereocenters. The summed E-state index contributed by atoms with van der Waals surface area (Å²) in [6.07, 6.45) is 6.00. The highest BCUT2D eigenvalue weighted by molar-refractivity contribution is 5.91. The molecule has 1 atom stereocenters. The quantitative estimate of drug-likeness (QED) is 0.554. The molecule has 4 rings (SSSR count). The van der Waals surface area contributed by atoms with E-state index >= 15 is 4.39 Å². The van der Waals surface area contributed by atoms with Crippen molar-refractivity contribution < 1.29 is 23.0 Å². The van der Waals surface area contributed by atoms with E-state index in [1.165, 1.54) is 13.2 Å². The fourth-order valence-electron chi connectivity index (χ4n) is 4.58. The van der Waals surface area contributed by atoms with Gasteiger partial charge in [-0.3, -0.25) is 9.29 Å². The number of methoxy groups -OCH3 is 1. The first kappa shape index (κ1) is 22.5. The first-order chi connectivity index (χ1) is 15.6. The van der Waals surface area contributed by atoms with Gasteiger partial charge in [0.25, 0.3) is 0 Å². The minimum Gasteiger partial charge on any atom is -0.489 e. The number of nitrogens with zero attached hydrogens (tertiary/aromatic N) is 1. The van der Waals surface area contributed by atoms with Crippen LogP contribution in [0.3, 0.4) is 0 Å². The third-order valence-corrected chi connectivity index (χ3v) is 6.22. The van der Waals surface area contributed by atoms with Crippen molar-refractivity contribution in [2.75, 3.05) is 33.4 Å². The third-order valence-electron chi connectivity index (χ3n) is 6.22. The molecule has 32 heavy (non-hydrogen) atoms. The van der Waals surface area contributed by atoms with Crippen LogP contribution in [-0.4, -0.2) is 50.4 Å². The summed E-state index contributed by atoms with van der Waals surface area (Å²) < 4.78 is 38.3. The van der Waals surface area contributed by atoms with E-state index in [4.69, 9.17) is 9.47 Å². The summed E-state index contributed by atoms with van der Waals surface area (Å²) >= 11 is 0. The molecule has 1 saturated heterocycles. The number of hydrogen-bond donors (Lipinski definition) is 0. The minimum atomic E-state index is -0.656. The number of likely N-dealkylation sites (tertiary alicyclic amines) is 1. The Kier molecular flexibility index (Phi) is 7.20. The van der Waals surface area contributed by atoms with Gasteiger partial charge in [0.1, 0.15) is 17.7 Å². The lowest BCUT2D eigenvalue weighted by atomic mass is 9.92. The van der Waals surface area contributed by atoms with Crippen molar-refractivity contribution in [3.63, 3.8) is 0 Å². The first-order valence-corrected chi connectivity index (χ1v) is 11.3. The Morgan fingerprint density at radius 1 is 1.19 bits per heavy atom. The van der Waals surface area contributed by atoms with Gasteiger partial charge in [-0.15, -0.1) is 0 Å². The van der Waals surface area contributed by atoms with Crippen LogP contribution in [0.4, 0.5) is 8.78 Å². The van der Waals surface area contributed by atoms with Gasteiger partial charge in [0.05, 0.1) is 19.3 Å². The summed E-state index contributed by atoms with van der Waals surface area (Å²) in [7, 11) is 1.26. The molecule has 6 heteroatoms. The van der Waals surface area contributed by atoms with E-state index in [9.17, 15) is 9.18 Å². The van der Waals surface area contributed by atoms with Crippen molar-refractivity contribution >= 4 is 11.5 Å². The molecule has 4 nitrogen and oxygen atoms in total.